The molecule has 0 atom stereocenters. The van der Waals surface area contributed by atoms with Gasteiger partial charge in [-0.2, -0.15) is 0 Å². The van der Waals surface area contributed by atoms with Crippen molar-refractivity contribution in [3.63, 3.8) is 0 Å². The average Bonchev–Trinajstić information content (AvgIpc) is 2.41. The molecule has 0 amide bonds. The lowest BCUT2D eigenvalue weighted by molar-refractivity contribution is 1.63. The van der Waals surface area contributed by atoms with Crippen LogP contribution in [0, 0.1) is 0 Å². The van der Waals surface area contributed by atoms with Crippen LogP contribution in [0.4, 0.5) is 0 Å². The maximum atomic E-state index is 3.66. The molecular formula is C16H16. The van der Waals surface area contributed by atoms with Crippen LogP contribution < -0.4 is 0 Å². The first-order valence-electron chi connectivity index (χ1n) is 5.22. The van der Waals surface area contributed by atoms with Crippen LogP contribution in [0.1, 0.15) is 11.1 Å². The zero-order valence-electron chi connectivity index (χ0n) is 9.34. The summed E-state index contributed by atoms with van der Waals surface area (Å²) in [6, 6.07) is 20.1. The summed E-state index contributed by atoms with van der Waals surface area (Å²) in [5.41, 5.74) is 2.29. The molecule has 0 fully saturated rings. The van der Waals surface area contributed by atoms with Gasteiger partial charge < -0.3 is 0 Å². The number of rotatable bonds is 2. The minimum Gasteiger partial charge on any atom is -0.0985 e. The molecule has 0 saturated heterocycles. The lowest BCUT2D eigenvalue weighted by Crippen LogP contribution is -1.71. The molecule has 0 nitrogen and oxygen atoms in total. The van der Waals surface area contributed by atoms with Crippen molar-refractivity contribution >= 4 is 12.2 Å². The van der Waals surface area contributed by atoms with Gasteiger partial charge in [-0.25, -0.2) is 0 Å². The number of benzene rings is 2. The Morgan fingerprint density at radius 3 is 1.00 bits per heavy atom. The van der Waals surface area contributed by atoms with E-state index >= 15 is 0 Å². The van der Waals surface area contributed by atoms with Gasteiger partial charge in [0, 0.05) is 0 Å². The highest BCUT2D eigenvalue weighted by atomic mass is 13.9. The first-order chi connectivity index (χ1) is 7.86. The van der Waals surface area contributed by atoms with Crippen molar-refractivity contribution in [1.29, 1.82) is 0 Å². The first-order valence-corrected chi connectivity index (χ1v) is 5.22. The highest BCUT2D eigenvalue weighted by Crippen LogP contribution is 2.05. The molecule has 0 radical (unpaired) electrons. The van der Waals surface area contributed by atoms with Crippen LogP contribution in [-0.2, 0) is 0 Å². The van der Waals surface area contributed by atoms with Gasteiger partial charge in [-0.15, -0.1) is 0 Å². The minimum atomic E-state index is 1.14. The van der Waals surface area contributed by atoms with Crippen molar-refractivity contribution in [2.45, 2.75) is 0 Å². The molecule has 0 N–H and O–H groups in total. The van der Waals surface area contributed by atoms with Gasteiger partial charge in [0.05, 0.1) is 0 Å². The molecule has 2 aromatic carbocycles. The summed E-state index contributed by atoms with van der Waals surface area (Å²) < 4.78 is 0. The van der Waals surface area contributed by atoms with E-state index in [-0.39, 0.29) is 0 Å². The minimum absolute atomic E-state index is 1.14. The number of hydrogen-bond donors (Lipinski definition) is 0. The predicted octanol–water partition coefficient (Wildman–Crippen LogP) is 4.66. The lowest BCUT2D eigenvalue weighted by atomic mass is 10.1. The average molecular weight is 208 g/mol. The summed E-state index contributed by atoms with van der Waals surface area (Å²) in [5, 5.41) is 0. The highest BCUT2D eigenvalue weighted by Gasteiger charge is 1.84. The second kappa shape index (κ2) is 7.24. The van der Waals surface area contributed by atoms with E-state index in [1.54, 1.807) is 0 Å². The van der Waals surface area contributed by atoms with E-state index in [2.05, 4.69) is 13.2 Å². The van der Waals surface area contributed by atoms with Crippen molar-refractivity contribution in [1.82, 2.24) is 0 Å². The van der Waals surface area contributed by atoms with E-state index in [0.717, 1.165) is 11.1 Å². The summed E-state index contributed by atoms with van der Waals surface area (Å²) in [6.07, 6.45) is 3.65. The van der Waals surface area contributed by atoms with Crippen molar-refractivity contribution < 1.29 is 0 Å². The molecule has 16 heavy (non-hydrogen) atoms. The molecule has 0 heteroatoms. The molecule has 0 saturated carbocycles. The van der Waals surface area contributed by atoms with Crippen LogP contribution in [0.3, 0.4) is 0 Å². The van der Waals surface area contributed by atoms with Crippen molar-refractivity contribution in [2.24, 2.45) is 0 Å². The summed E-state index contributed by atoms with van der Waals surface area (Å²) in [5.74, 6) is 0. The van der Waals surface area contributed by atoms with Gasteiger partial charge in [0.1, 0.15) is 0 Å². The van der Waals surface area contributed by atoms with Crippen LogP contribution in [0.5, 0.6) is 0 Å². The molecule has 0 heterocycles. The first kappa shape index (κ1) is 12.0. The molecule has 2 rings (SSSR count). The van der Waals surface area contributed by atoms with Crippen LogP contribution in [-0.4, -0.2) is 0 Å². The van der Waals surface area contributed by atoms with E-state index in [1.165, 1.54) is 0 Å². The molecule has 0 unspecified atom stereocenters. The molecule has 0 aromatic heterocycles. The lowest BCUT2D eigenvalue weighted by Gasteiger charge is -1.92. The van der Waals surface area contributed by atoms with Gasteiger partial charge in [-0.1, -0.05) is 86.0 Å². The van der Waals surface area contributed by atoms with Gasteiger partial charge in [-0.05, 0) is 11.1 Å². The fourth-order valence-corrected chi connectivity index (χ4v) is 1.15. The van der Waals surface area contributed by atoms with Crippen molar-refractivity contribution in [3.8, 4) is 0 Å². The third-order valence-corrected chi connectivity index (χ3v) is 2.07. The Hall–Kier alpha value is -2.08. The fraction of sp³-hybridized carbons (Fsp3) is 0. The van der Waals surface area contributed by atoms with Crippen molar-refractivity contribution in [2.75, 3.05) is 0 Å². The number of hydrogen-bond acceptors (Lipinski definition) is 0. The zero-order chi connectivity index (χ0) is 11.6. The molecule has 0 aliphatic heterocycles. The van der Waals surface area contributed by atoms with Crippen LogP contribution in [0.15, 0.2) is 73.8 Å². The van der Waals surface area contributed by atoms with E-state index in [4.69, 9.17) is 0 Å². The van der Waals surface area contributed by atoms with Crippen LogP contribution in [0.25, 0.3) is 12.2 Å². The maximum absolute atomic E-state index is 3.66. The van der Waals surface area contributed by atoms with Gasteiger partial charge in [0.25, 0.3) is 0 Å². The van der Waals surface area contributed by atoms with Gasteiger partial charge >= 0.3 is 0 Å². The molecule has 2 aromatic rings. The third-order valence-electron chi connectivity index (χ3n) is 2.07. The zero-order valence-corrected chi connectivity index (χ0v) is 9.34. The highest BCUT2D eigenvalue weighted by molar-refractivity contribution is 5.53. The Kier molecular flexibility index (Phi) is 5.43. The van der Waals surface area contributed by atoms with E-state index in [1.807, 2.05) is 72.8 Å². The molecule has 0 aliphatic rings. The van der Waals surface area contributed by atoms with Gasteiger partial charge in [-0.3, -0.25) is 0 Å². The molecule has 0 aliphatic carbocycles. The van der Waals surface area contributed by atoms with Gasteiger partial charge in [0.15, 0.2) is 0 Å². The summed E-state index contributed by atoms with van der Waals surface area (Å²) >= 11 is 0. The standard InChI is InChI=1S/C10H10.C6H6/c1-3-9-5-7-10(4-2)8-6-9;1-2-4-6-5-3-1/h3-8H,1-2H2;1-6H. The van der Waals surface area contributed by atoms with Crippen molar-refractivity contribution in [3.05, 3.63) is 84.9 Å². The summed E-state index contributed by atoms with van der Waals surface area (Å²) in [6.45, 7) is 7.32. The molecule has 0 spiro atoms. The predicted molar refractivity (Wildman–Crippen MR) is 73.1 cm³/mol. The van der Waals surface area contributed by atoms with E-state index in [0.29, 0.717) is 0 Å². The topological polar surface area (TPSA) is 0 Å². The third kappa shape index (κ3) is 4.43. The Morgan fingerprint density at radius 2 is 0.812 bits per heavy atom. The Bertz CT molecular complexity index is 356. The smallest absolute Gasteiger partial charge is 0.0262 e. The monoisotopic (exact) mass is 208 g/mol. The Labute approximate surface area is 97.6 Å². The van der Waals surface area contributed by atoms with Gasteiger partial charge in [0.2, 0.25) is 0 Å². The summed E-state index contributed by atoms with van der Waals surface area (Å²) in [7, 11) is 0. The SMILES string of the molecule is C=Cc1ccc(C=C)cc1.c1ccccc1. The van der Waals surface area contributed by atoms with E-state index < -0.39 is 0 Å². The van der Waals surface area contributed by atoms with Crippen LogP contribution in [0.2, 0.25) is 0 Å². The normalized spacial score (nSPS) is 8.50. The largest absolute Gasteiger partial charge is 0.0985 e. The molecule has 80 valence electrons. The van der Waals surface area contributed by atoms with Crippen LogP contribution >= 0.6 is 0 Å². The Balaban J connectivity index is 0.000000181. The van der Waals surface area contributed by atoms with E-state index in [9.17, 15) is 0 Å². The summed E-state index contributed by atoms with van der Waals surface area (Å²) in [4.78, 5) is 0. The quantitative estimate of drug-likeness (QED) is 0.673. The molecular weight excluding hydrogens is 192 g/mol. The second-order valence-electron chi connectivity index (χ2n) is 3.23. The fourth-order valence-electron chi connectivity index (χ4n) is 1.15. The second-order valence-corrected chi connectivity index (χ2v) is 3.23. The maximum Gasteiger partial charge on any atom is -0.0262 e. The Morgan fingerprint density at radius 1 is 0.562 bits per heavy atom. The molecule has 0 bridgehead atoms.